The summed E-state index contributed by atoms with van der Waals surface area (Å²) in [6.07, 6.45) is 8.79. The van der Waals surface area contributed by atoms with Gasteiger partial charge in [0, 0.05) is 36.8 Å². The van der Waals surface area contributed by atoms with Gasteiger partial charge in [-0.2, -0.15) is 10.2 Å². The Labute approximate surface area is 144 Å². The van der Waals surface area contributed by atoms with E-state index in [1.807, 2.05) is 30.1 Å². The molecular formula is C19H18N6. The summed E-state index contributed by atoms with van der Waals surface area (Å²) in [6, 6.07) is 8.19. The minimum Gasteiger partial charge on any atom is -0.278 e. The normalized spacial score (nSPS) is 14.3. The Morgan fingerprint density at radius 1 is 1.16 bits per heavy atom. The molecule has 0 saturated heterocycles. The van der Waals surface area contributed by atoms with Gasteiger partial charge in [-0.15, -0.1) is 0 Å². The van der Waals surface area contributed by atoms with Crippen molar-refractivity contribution in [1.29, 1.82) is 0 Å². The van der Waals surface area contributed by atoms with Crippen LogP contribution in [0.5, 0.6) is 0 Å². The molecule has 124 valence electrons. The second-order valence-electron chi connectivity index (χ2n) is 6.63. The molecule has 6 nitrogen and oxygen atoms in total. The summed E-state index contributed by atoms with van der Waals surface area (Å²) in [5, 5.41) is 13.1. The lowest BCUT2D eigenvalue weighted by molar-refractivity contribution is 0.716. The lowest BCUT2D eigenvalue weighted by Crippen LogP contribution is -2.03. The smallest absolute Gasteiger partial charge is 0.181 e. The van der Waals surface area contributed by atoms with E-state index in [1.54, 1.807) is 12.4 Å². The first-order valence-electron chi connectivity index (χ1n) is 8.55. The number of benzene rings is 1. The van der Waals surface area contributed by atoms with E-state index in [0.29, 0.717) is 5.92 Å². The first kappa shape index (κ1) is 14.3. The molecule has 0 atom stereocenters. The number of hydrogen-bond donors (Lipinski definition) is 1. The Hall–Kier alpha value is -3.02. The first-order valence-corrected chi connectivity index (χ1v) is 8.55. The Bertz CT molecular complexity index is 1040. The molecule has 1 fully saturated rings. The van der Waals surface area contributed by atoms with E-state index in [0.717, 1.165) is 29.1 Å². The van der Waals surface area contributed by atoms with Crippen LogP contribution in [0.15, 0.2) is 42.9 Å². The van der Waals surface area contributed by atoms with Gasteiger partial charge in [-0.25, -0.2) is 4.98 Å². The van der Waals surface area contributed by atoms with Gasteiger partial charge in [-0.1, -0.05) is 6.07 Å². The largest absolute Gasteiger partial charge is 0.278 e. The van der Waals surface area contributed by atoms with Gasteiger partial charge in [0.15, 0.2) is 5.82 Å². The summed E-state index contributed by atoms with van der Waals surface area (Å²) < 4.78 is 1.88. The summed E-state index contributed by atoms with van der Waals surface area (Å²) in [4.78, 5) is 8.82. The summed E-state index contributed by atoms with van der Waals surface area (Å²) in [6.45, 7) is 0. The number of nitrogens with one attached hydrogen (secondary N) is 1. The number of fused-ring (bicyclic) bond motifs is 1. The number of aromatic amines is 1. The second kappa shape index (κ2) is 5.51. The van der Waals surface area contributed by atoms with E-state index >= 15 is 0 Å². The number of rotatable bonds is 4. The van der Waals surface area contributed by atoms with Crippen molar-refractivity contribution in [2.45, 2.75) is 25.2 Å². The molecule has 1 aliphatic carbocycles. The van der Waals surface area contributed by atoms with E-state index < -0.39 is 0 Å². The Morgan fingerprint density at radius 3 is 2.80 bits per heavy atom. The van der Waals surface area contributed by atoms with Crippen molar-refractivity contribution in [3.63, 3.8) is 0 Å². The molecule has 6 heteroatoms. The Balaban J connectivity index is 1.55. The number of aryl methyl sites for hydroxylation is 1. The van der Waals surface area contributed by atoms with E-state index in [4.69, 9.17) is 4.98 Å². The van der Waals surface area contributed by atoms with Crippen molar-refractivity contribution < 1.29 is 0 Å². The molecular weight excluding hydrogens is 312 g/mol. The highest BCUT2D eigenvalue weighted by molar-refractivity contribution is 5.84. The van der Waals surface area contributed by atoms with Gasteiger partial charge in [-0.3, -0.25) is 14.8 Å². The van der Waals surface area contributed by atoms with Gasteiger partial charge >= 0.3 is 0 Å². The van der Waals surface area contributed by atoms with Crippen molar-refractivity contribution >= 4 is 10.9 Å². The number of nitrogens with zero attached hydrogens (tertiary/aromatic N) is 5. The summed E-state index contributed by atoms with van der Waals surface area (Å²) in [7, 11) is 1.96. The maximum atomic E-state index is 4.76. The van der Waals surface area contributed by atoms with E-state index in [2.05, 4.69) is 32.4 Å². The molecule has 1 aromatic carbocycles. The van der Waals surface area contributed by atoms with E-state index in [-0.39, 0.29) is 0 Å². The Kier molecular flexibility index (Phi) is 3.16. The number of pyridine rings is 1. The standard InChI is InChI=1S/C19H18N6/c1-25-17(22-19(24-25)13-6-8-20-9-7-13)10-14-4-5-16-15(11-21-23-16)18(14)12-2-3-12/h4-9,11-12H,2-3,10H2,1H3,(H,21,23). The van der Waals surface area contributed by atoms with Crippen LogP contribution < -0.4 is 0 Å². The highest BCUT2D eigenvalue weighted by Gasteiger charge is 2.28. The molecule has 3 aromatic heterocycles. The van der Waals surface area contributed by atoms with Gasteiger partial charge in [0.05, 0.1) is 11.7 Å². The topological polar surface area (TPSA) is 72.3 Å². The lowest BCUT2D eigenvalue weighted by atomic mass is 9.97. The third-order valence-corrected chi connectivity index (χ3v) is 4.88. The minimum absolute atomic E-state index is 0.657. The fraction of sp³-hybridized carbons (Fsp3) is 0.263. The molecule has 0 bridgehead atoms. The molecule has 0 radical (unpaired) electrons. The van der Waals surface area contributed by atoms with Crippen LogP contribution in [0, 0.1) is 0 Å². The number of aromatic nitrogens is 6. The lowest BCUT2D eigenvalue weighted by Gasteiger charge is -2.09. The SMILES string of the molecule is Cn1nc(-c2ccncc2)nc1Cc1ccc2[nH]ncc2c1C1CC1. The van der Waals surface area contributed by atoms with Crippen LogP contribution in [-0.4, -0.2) is 29.9 Å². The maximum Gasteiger partial charge on any atom is 0.181 e. The molecule has 0 spiro atoms. The van der Waals surface area contributed by atoms with Crippen molar-refractivity contribution in [3.8, 4) is 11.4 Å². The van der Waals surface area contributed by atoms with E-state index in [1.165, 1.54) is 29.4 Å². The number of H-pyrrole nitrogens is 1. The predicted molar refractivity (Wildman–Crippen MR) is 95.1 cm³/mol. The molecule has 0 aliphatic heterocycles. The van der Waals surface area contributed by atoms with Gasteiger partial charge in [-0.05, 0) is 48.1 Å². The van der Waals surface area contributed by atoms with Crippen molar-refractivity contribution in [3.05, 3.63) is 59.8 Å². The summed E-state index contributed by atoms with van der Waals surface area (Å²) in [5.74, 6) is 2.37. The van der Waals surface area contributed by atoms with Crippen molar-refractivity contribution in [1.82, 2.24) is 29.9 Å². The highest BCUT2D eigenvalue weighted by Crippen LogP contribution is 2.45. The molecule has 1 N–H and O–H groups in total. The zero-order chi connectivity index (χ0) is 16.8. The van der Waals surface area contributed by atoms with Crippen LogP contribution >= 0.6 is 0 Å². The zero-order valence-electron chi connectivity index (χ0n) is 14.0. The van der Waals surface area contributed by atoms with E-state index in [9.17, 15) is 0 Å². The molecule has 0 unspecified atom stereocenters. The third kappa shape index (κ3) is 2.50. The fourth-order valence-electron chi connectivity index (χ4n) is 3.46. The van der Waals surface area contributed by atoms with Crippen LogP contribution in [0.4, 0.5) is 0 Å². The van der Waals surface area contributed by atoms with Crippen LogP contribution in [0.25, 0.3) is 22.3 Å². The fourth-order valence-corrected chi connectivity index (χ4v) is 3.46. The van der Waals surface area contributed by atoms with Gasteiger partial charge in [0.2, 0.25) is 0 Å². The maximum absolute atomic E-state index is 4.76. The quantitative estimate of drug-likeness (QED) is 0.623. The average Bonchev–Trinajstić information content (AvgIpc) is 3.24. The minimum atomic E-state index is 0.657. The molecule has 1 aliphatic rings. The van der Waals surface area contributed by atoms with Gasteiger partial charge in [0.1, 0.15) is 5.82 Å². The average molecular weight is 330 g/mol. The van der Waals surface area contributed by atoms with Crippen LogP contribution in [0.3, 0.4) is 0 Å². The van der Waals surface area contributed by atoms with Crippen LogP contribution in [-0.2, 0) is 13.5 Å². The Morgan fingerprint density at radius 2 is 2.00 bits per heavy atom. The molecule has 3 heterocycles. The molecule has 0 amide bonds. The van der Waals surface area contributed by atoms with Crippen molar-refractivity contribution in [2.75, 3.05) is 0 Å². The summed E-state index contributed by atoms with van der Waals surface area (Å²) in [5.41, 5.74) is 4.86. The van der Waals surface area contributed by atoms with Crippen LogP contribution in [0.2, 0.25) is 0 Å². The van der Waals surface area contributed by atoms with Crippen molar-refractivity contribution in [2.24, 2.45) is 7.05 Å². The number of hydrogen-bond acceptors (Lipinski definition) is 4. The molecule has 4 aromatic rings. The van der Waals surface area contributed by atoms with Gasteiger partial charge < -0.3 is 0 Å². The zero-order valence-corrected chi connectivity index (χ0v) is 14.0. The predicted octanol–water partition coefficient (Wildman–Crippen LogP) is 3.22. The summed E-state index contributed by atoms with van der Waals surface area (Å²) >= 11 is 0. The second-order valence-corrected chi connectivity index (χ2v) is 6.63. The first-order chi connectivity index (χ1) is 12.3. The molecule has 1 saturated carbocycles. The molecule has 25 heavy (non-hydrogen) atoms. The third-order valence-electron chi connectivity index (χ3n) is 4.88. The highest BCUT2D eigenvalue weighted by atomic mass is 15.3. The van der Waals surface area contributed by atoms with Gasteiger partial charge in [0.25, 0.3) is 0 Å². The molecule has 5 rings (SSSR count). The monoisotopic (exact) mass is 330 g/mol. The van der Waals surface area contributed by atoms with Crippen LogP contribution in [0.1, 0.15) is 35.7 Å².